The predicted octanol–water partition coefficient (Wildman–Crippen LogP) is 4.68. The predicted molar refractivity (Wildman–Crippen MR) is 141 cm³/mol. The summed E-state index contributed by atoms with van der Waals surface area (Å²) in [5, 5.41) is 5.21. The topological polar surface area (TPSA) is 104 Å². The van der Waals surface area contributed by atoms with E-state index in [2.05, 4.69) is 10.6 Å². The Balaban J connectivity index is 1.72. The molecule has 1 aromatic heterocycles. The molecule has 0 atom stereocenters. The maximum absolute atomic E-state index is 13.7. The van der Waals surface area contributed by atoms with Gasteiger partial charge < -0.3 is 20.1 Å². The molecule has 0 saturated heterocycles. The molecule has 2 amide bonds. The zero-order valence-corrected chi connectivity index (χ0v) is 22.3. The van der Waals surface area contributed by atoms with E-state index in [1.54, 1.807) is 56.8 Å². The normalized spacial score (nSPS) is 11.2. The Morgan fingerprint density at radius 3 is 2.32 bits per heavy atom. The molecule has 3 aromatic rings. The van der Waals surface area contributed by atoms with E-state index in [9.17, 15) is 18.8 Å². The largest absolute Gasteiger partial charge is 0.497 e. The molecule has 3 rings (SSSR count). The Bertz CT molecular complexity index is 1400. The summed E-state index contributed by atoms with van der Waals surface area (Å²) in [6, 6.07) is 9.36. The van der Waals surface area contributed by atoms with Crippen molar-refractivity contribution in [1.82, 2.24) is 9.36 Å². The van der Waals surface area contributed by atoms with Gasteiger partial charge in [0.15, 0.2) is 0 Å². The second-order valence-corrected chi connectivity index (χ2v) is 9.79. The van der Waals surface area contributed by atoms with Gasteiger partial charge in [0.05, 0.1) is 36.3 Å². The number of ether oxygens (including phenoxy) is 2. The van der Waals surface area contributed by atoms with Crippen LogP contribution in [0.1, 0.15) is 32.4 Å². The lowest BCUT2D eigenvalue weighted by Gasteiger charge is -2.23. The lowest BCUT2D eigenvalue weighted by Crippen LogP contribution is -2.29. The van der Waals surface area contributed by atoms with E-state index in [1.807, 2.05) is 0 Å². The number of nitrogens with zero attached hydrogens (tertiary/aromatic N) is 2. The zero-order chi connectivity index (χ0) is 27.5. The first kappa shape index (κ1) is 27.8. The lowest BCUT2D eigenvalue weighted by atomic mass is 9.85. The summed E-state index contributed by atoms with van der Waals surface area (Å²) in [7, 11) is 4.60. The van der Waals surface area contributed by atoms with Gasteiger partial charge in [-0.25, -0.2) is 9.07 Å². The molecule has 1 heterocycles. The van der Waals surface area contributed by atoms with Gasteiger partial charge >= 0.3 is 0 Å². The minimum Gasteiger partial charge on any atom is -0.497 e. The van der Waals surface area contributed by atoms with Crippen molar-refractivity contribution in [2.45, 2.75) is 33.6 Å². The highest BCUT2D eigenvalue weighted by atomic mass is 35.5. The average Bonchev–Trinajstić information content (AvgIpc) is 3.03. The van der Waals surface area contributed by atoms with Gasteiger partial charge in [-0.3, -0.25) is 19.1 Å². The molecule has 11 heteroatoms. The minimum atomic E-state index is -0.764. The summed E-state index contributed by atoms with van der Waals surface area (Å²) in [6.45, 7) is 5.24. The van der Waals surface area contributed by atoms with Crippen LogP contribution in [0, 0.1) is 18.2 Å². The summed E-state index contributed by atoms with van der Waals surface area (Å²) in [6.07, 6.45) is -0.0605. The Morgan fingerprint density at radius 1 is 1.05 bits per heavy atom. The number of aromatic nitrogens is 2. The van der Waals surface area contributed by atoms with Crippen LogP contribution >= 0.6 is 11.6 Å². The molecular formula is C26H30ClFN4O5. The fourth-order valence-electron chi connectivity index (χ4n) is 3.99. The third-order valence-corrected chi connectivity index (χ3v) is 6.20. The fraction of sp³-hybridized carbons (Fsp3) is 0.346. The SMILES string of the molecule is COc1cccc(-n2c(=O)c(NC(=O)CC(C)(C)CC(=O)Nc3cc(Cl)c(F)cc3OC)c(C)n2C)c1. The Hall–Kier alpha value is -3.79. The summed E-state index contributed by atoms with van der Waals surface area (Å²) in [4.78, 5) is 38.8. The standard InChI is InChI=1S/C26H30ClFN4O5/c1-15-24(25(35)32(31(15)4)16-8-7-9-17(10-16)36-5)30-23(34)14-26(2,3)13-22(33)29-20-11-18(27)19(28)12-21(20)37-6/h7-12H,13-14H2,1-6H3,(H,29,33)(H,30,34). The van der Waals surface area contributed by atoms with Crippen LogP contribution in [0.2, 0.25) is 5.02 Å². The molecule has 0 spiro atoms. The number of halogens is 2. The molecule has 0 radical (unpaired) electrons. The van der Waals surface area contributed by atoms with Crippen molar-refractivity contribution in [2.24, 2.45) is 12.5 Å². The van der Waals surface area contributed by atoms with Gasteiger partial charge in [0, 0.05) is 32.0 Å². The van der Waals surface area contributed by atoms with E-state index in [0.717, 1.165) is 6.07 Å². The number of hydrogen-bond donors (Lipinski definition) is 2. The van der Waals surface area contributed by atoms with Crippen molar-refractivity contribution >= 4 is 34.8 Å². The van der Waals surface area contributed by atoms with E-state index in [0.29, 0.717) is 17.1 Å². The first-order chi connectivity index (χ1) is 17.4. The molecule has 0 aliphatic rings. The van der Waals surface area contributed by atoms with Crippen molar-refractivity contribution in [3.8, 4) is 17.2 Å². The molecule has 0 bridgehead atoms. The van der Waals surface area contributed by atoms with Gasteiger partial charge in [0.2, 0.25) is 11.8 Å². The Morgan fingerprint density at radius 2 is 1.70 bits per heavy atom. The van der Waals surface area contributed by atoms with Crippen LogP contribution in [0.15, 0.2) is 41.2 Å². The van der Waals surface area contributed by atoms with Crippen molar-refractivity contribution in [3.05, 3.63) is 63.3 Å². The number of carbonyl (C=O) groups is 2. The summed E-state index contributed by atoms with van der Waals surface area (Å²) in [5.74, 6) is -0.777. The van der Waals surface area contributed by atoms with Crippen LogP contribution in [0.25, 0.3) is 5.69 Å². The van der Waals surface area contributed by atoms with Gasteiger partial charge in [-0.15, -0.1) is 0 Å². The maximum Gasteiger partial charge on any atom is 0.295 e. The molecule has 0 aliphatic heterocycles. The molecule has 0 unspecified atom stereocenters. The molecule has 2 aromatic carbocycles. The summed E-state index contributed by atoms with van der Waals surface area (Å²) >= 11 is 5.83. The molecule has 0 saturated carbocycles. The number of amides is 2. The number of methoxy groups -OCH3 is 2. The smallest absolute Gasteiger partial charge is 0.295 e. The van der Waals surface area contributed by atoms with Gasteiger partial charge in [0.1, 0.15) is 23.0 Å². The van der Waals surface area contributed by atoms with Crippen LogP contribution in [0.4, 0.5) is 15.8 Å². The van der Waals surface area contributed by atoms with Crippen molar-refractivity contribution in [3.63, 3.8) is 0 Å². The highest BCUT2D eigenvalue weighted by Gasteiger charge is 2.28. The van der Waals surface area contributed by atoms with Crippen LogP contribution in [0.5, 0.6) is 11.5 Å². The van der Waals surface area contributed by atoms with Gasteiger partial charge in [-0.2, -0.15) is 0 Å². The van der Waals surface area contributed by atoms with Gasteiger partial charge in [-0.1, -0.05) is 31.5 Å². The highest BCUT2D eigenvalue weighted by molar-refractivity contribution is 6.31. The summed E-state index contributed by atoms with van der Waals surface area (Å²) in [5.41, 5.74) is 0.372. The second-order valence-electron chi connectivity index (χ2n) is 9.38. The zero-order valence-electron chi connectivity index (χ0n) is 21.6. The fourth-order valence-corrected chi connectivity index (χ4v) is 4.15. The van der Waals surface area contributed by atoms with E-state index in [4.69, 9.17) is 21.1 Å². The van der Waals surface area contributed by atoms with E-state index in [1.165, 1.54) is 25.0 Å². The molecular weight excluding hydrogens is 503 g/mol. The third kappa shape index (κ3) is 6.32. The molecule has 2 N–H and O–H groups in total. The number of benzene rings is 2. The molecule has 198 valence electrons. The van der Waals surface area contributed by atoms with Gasteiger partial charge in [-0.05, 0) is 30.5 Å². The maximum atomic E-state index is 13.7. The van der Waals surface area contributed by atoms with Crippen molar-refractivity contribution in [2.75, 3.05) is 24.9 Å². The number of nitrogens with one attached hydrogen (secondary N) is 2. The lowest BCUT2D eigenvalue weighted by molar-refractivity contribution is -0.120. The number of hydrogen-bond acceptors (Lipinski definition) is 5. The van der Waals surface area contributed by atoms with Crippen LogP contribution in [-0.2, 0) is 16.6 Å². The second kappa shape index (κ2) is 11.1. The van der Waals surface area contributed by atoms with E-state index < -0.39 is 28.6 Å². The number of anilines is 2. The summed E-state index contributed by atoms with van der Waals surface area (Å²) < 4.78 is 27.1. The first-order valence-electron chi connectivity index (χ1n) is 11.4. The van der Waals surface area contributed by atoms with E-state index >= 15 is 0 Å². The number of carbonyl (C=O) groups excluding carboxylic acids is 2. The van der Waals surface area contributed by atoms with Gasteiger partial charge in [0.25, 0.3) is 5.56 Å². The molecule has 9 nitrogen and oxygen atoms in total. The Kier molecular flexibility index (Phi) is 8.32. The van der Waals surface area contributed by atoms with E-state index in [-0.39, 0.29) is 35.0 Å². The average molecular weight is 533 g/mol. The Labute approximate surface area is 219 Å². The monoisotopic (exact) mass is 532 g/mol. The van der Waals surface area contributed by atoms with Crippen LogP contribution < -0.4 is 25.7 Å². The third-order valence-electron chi connectivity index (χ3n) is 5.91. The van der Waals surface area contributed by atoms with Crippen molar-refractivity contribution < 1.29 is 23.5 Å². The molecule has 0 fully saturated rings. The first-order valence-corrected chi connectivity index (χ1v) is 11.8. The molecule has 0 aliphatic carbocycles. The molecule has 37 heavy (non-hydrogen) atoms. The minimum absolute atomic E-state index is 0.0274. The van der Waals surface area contributed by atoms with Crippen molar-refractivity contribution in [1.29, 1.82) is 0 Å². The van der Waals surface area contributed by atoms with Crippen LogP contribution in [0.3, 0.4) is 0 Å². The van der Waals surface area contributed by atoms with Crippen LogP contribution in [-0.4, -0.2) is 35.4 Å². The highest BCUT2D eigenvalue weighted by Crippen LogP contribution is 2.32. The quantitative estimate of drug-likeness (QED) is 0.416. The number of rotatable bonds is 9.